The molecule has 0 aliphatic rings. The molecular weight excluding hydrogens is 362 g/mol. The largest absolute Gasteiger partial charge is 0.436 e. The third-order valence-corrected chi connectivity index (χ3v) is 4.14. The predicted molar refractivity (Wildman–Crippen MR) is 112 cm³/mol. The Morgan fingerprint density at radius 2 is 1.89 bits per heavy atom. The van der Waals surface area contributed by atoms with E-state index in [9.17, 15) is 4.79 Å². The zero-order chi connectivity index (χ0) is 18.7. The van der Waals surface area contributed by atoms with E-state index in [1.54, 1.807) is 0 Å². The van der Waals surface area contributed by atoms with Crippen molar-refractivity contribution in [3.05, 3.63) is 47.5 Å². The number of nitrogens with zero attached hydrogens (tertiary/aromatic N) is 1. The Labute approximate surface area is 163 Å². The molecule has 0 radical (unpaired) electrons. The van der Waals surface area contributed by atoms with Crippen molar-refractivity contribution < 1.29 is 14.7 Å². The highest BCUT2D eigenvalue weighted by molar-refractivity contribution is 7.80. The quantitative estimate of drug-likeness (QED) is 0.664. The monoisotopic (exact) mass is 385 g/mol. The van der Waals surface area contributed by atoms with Crippen molar-refractivity contribution in [1.82, 2.24) is 10.3 Å². The van der Waals surface area contributed by atoms with Crippen LogP contribution in [0.2, 0.25) is 0 Å². The maximum Gasteiger partial charge on any atom is 0.227 e. The van der Waals surface area contributed by atoms with Gasteiger partial charge < -0.3 is 20.5 Å². The number of benzene rings is 2. The van der Waals surface area contributed by atoms with Crippen molar-refractivity contribution in [1.29, 1.82) is 0 Å². The lowest BCUT2D eigenvalue weighted by Gasteiger charge is -2.09. The van der Waals surface area contributed by atoms with Gasteiger partial charge >= 0.3 is 0 Å². The van der Waals surface area contributed by atoms with Crippen LogP contribution in [-0.2, 0) is 4.79 Å². The zero-order valence-electron chi connectivity index (χ0n) is 15.6. The molecule has 7 heteroatoms. The van der Waals surface area contributed by atoms with Crippen LogP contribution in [0.3, 0.4) is 0 Å². The fraction of sp³-hybridized carbons (Fsp3) is 0.250. The molecule has 2 aromatic carbocycles. The summed E-state index contributed by atoms with van der Waals surface area (Å²) in [5.41, 5.74) is 5.58. The molecule has 0 aliphatic carbocycles. The first-order valence-electron chi connectivity index (χ1n) is 8.55. The molecule has 142 valence electrons. The van der Waals surface area contributed by atoms with Crippen molar-refractivity contribution in [3.8, 4) is 11.5 Å². The molecule has 1 aromatic heterocycles. The third kappa shape index (κ3) is 4.90. The van der Waals surface area contributed by atoms with E-state index in [0.29, 0.717) is 17.4 Å². The Kier molecular flexibility index (Phi) is 6.65. The lowest BCUT2D eigenvalue weighted by molar-refractivity contribution is -0.119. The molecule has 6 nitrogen and oxygen atoms in total. The molecule has 1 heterocycles. The second kappa shape index (κ2) is 8.75. The summed E-state index contributed by atoms with van der Waals surface area (Å²) in [4.78, 5) is 16.1. The van der Waals surface area contributed by atoms with Crippen LogP contribution in [0.15, 0.2) is 40.8 Å². The van der Waals surface area contributed by atoms with Gasteiger partial charge in [-0.25, -0.2) is 4.98 Å². The summed E-state index contributed by atoms with van der Waals surface area (Å²) in [7, 11) is 0. The van der Waals surface area contributed by atoms with E-state index in [4.69, 9.17) is 16.6 Å². The minimum Gasteiger partial charge on any atom is -0.436 e. The number of aromatic nitrogens is 1. The molecule has 27 heavy (non-hydrogen) atoms. The minimum absolute atomic E-state index is 0. The van der Waals surface area contributed by atoms with E-state index in [-0.39, 0.29) is 11.4 Å². The number of anilines is 1. The van der Waals surface area contributed by atoms with Gasteiger partial charge in [0.25, 0.3) is 0 Å². The lowest BCUT2D eigenvalue weighted by atomic mass is 10.1. The normalized spacial score (nSPS) is 10.3. The van der Waals surface area contributed by atoms with Crippen LogP contribution >= 0.6 is 12.2 Å². The van der Waals surface area contributed by atoms with Gasteiger partial charge in [-0.2, -0.15) is 0 Å². The van der Waals surface area contributed by atoms with Crippen LogP contribution in [-0.4, -0.2) is 21.5 Å². The summed E-state index contributed by atoms with van der Waals surface area (Å²) in [5.74, 6) is 0.498. The maximum atomic E-state index is 11.6. The number of hydrogen-bond acceptors (Lipinski definition) is 4. The van der Waals surface area contributed by atoms with Gasteiger partial charge in [-0.1, -0.05) is 13.0 Å². The zero-order valence-corrected chi connectivity index (χ0v) is 16.4. The Balaban J connectivity index is 0.00000261. The fourth-order valence-corrected chi connectivity index (χ4v) is 3.01. The highest BCUT2D eigenvalue weighted by atomic mass is 32.1. The average molecular weight is 385 g/mol. The van der Waals surface area contributed by atoms with Gasteiger partial charge in [-0.15, -0.1) is 0 Å². The van der Waals surface area contributed by atoms with Crippen LogP contribution in [0, 0.1) is 13.8 Å². The van der Waals surface area contributed by atoms with Gasteiger partial charge in [0.05, 0.1) is 0 Å². The molecule has 0 aliphatic heterocycles. The minimum atomic E-state index is -0.0845. The second-order valence-corrected chi connectivity index (χ2v) is 6.69. The number of thiocarbonyl (C=S) groups is 1. The highest BCUT2D eigenvalue weighted by Gasteiger charge is 2.11. The van der Waals surface area contributed by atoms with Gasteiger partial charge in [0.15, 0.2) is 10.7 Å². The van der Waals surface area contributed by atoms with Gasteiger partial charge in [-0.05, 0) is 73.9 Å². The molecule has 3 aromatic rings. The molecular formula is C20H23N3O3S. The van der Waals surface area contributed by atoms with Gasteiger partial charge in [0, 0.05) is 17.7 Å². The van der Waals surface area contributed by atoms with E-state index in [2.05, 4.69) is 21.7 Å². The number of carbonyl (C=O) groups is 1. The fourth-order valence-electron chi connectivity index (χ4n) is 2.77. The Morgan fingerprint density at radius 1 is 1.19 bits per heavy atom. The number of fused-ring (bicyclic) bond motifs is 1. The van der Waals surface area contributed by atoms with Crippen molar-refractivity contribution in [2.45, 2.75) is 33.6 Å². The van der Waals surface area contributed by atoms with Crippen LogP contribution < -0.4 is 10.6 Å². The smallest absolute Gasteiger partial charge is 0.227 e. The van der Waals surface area contributed by atoms with E-state index < -0.39 is 0 Å². The standard InChI is InChI=1S/C20H21N3O2S.H2O/c1-4-5-17(24)23-20(26)21-15-8-6-14(7-9-15)19-22-16-11-12(2)10-13(3)18(16)25-19;/h6-11H,4-5H2,1-3H3,(H2,21,23,24,26);1H2. The molecule has 0 saturated heterocycles. The van der Waals surface area contributed by atoms with Crippen molar-refractivity contribution in [3.63, 3.8) is 0 Å². The van der Waals surface area contributed by atoms with E-state index in [1.807, 2.05) is 51.1 Å². The number of oxazole rings is 1. The average Bonchev–Trinajstić information content (AvgIpc) is 2.99. The van der Waals surface area contributed by atoms with E-state index in [0.717, 1.165) is 39.9 Å². The Hall–Kier alpha value is -2.77. The summed E-state index contributed by atoms with van der Waals surface area (Å²) in [6, 6.07) is 11.7. The summed E-state index contributed by atoms with van der Waals surface area (Å²) in [5, 5.41) is 5.95. The summed E-state index contributed by atoms with van der Waals surface area (Å²) in [6.45, 7) is 6.01. The Bertz CT molecular complexity index is 965. The maximum absolute atomic E-state index is 11.6. The van der Waals surface area contributed by atoms with Crippen LogP contribution in [0.4, 0.5) is 5.69 Å². The summed E-state index contributed by atoms with van der Waals surface area (Å²) in [6.07, 6.45) is 1.24. The molecule has 4 N–H and O–H groups in total. The summed E-state index contributed by atoms with van der Waals surface area (Å²) >= 11 is 5.15. The predicted octanol–water partition coefficient (Wildman–Crippen LogP) is 3.90. The molecule has 1 amide bonds. The number of amides is 1. The number of hydrogen-bond donors (Lipinski definition) is 2. The third-order valence-electron chi connectivity index (χ3n) is 3.94. The van der Waals surface area contributed by atoms with Gasteiger partial charge in [-0.3, -0.25) is 4.79 Å². The van der Waals surface area contributed by atoms with Crippen LogP contribution in [0.5, 0.6) is 0 Å². The lowest BCUT2D eigenvalue weighted by Crippen LogP contribution is -2.33. The van der Waals surface area contributed by atoms with E-state index >= 15 is 0 Å². The SMILES string of the molecule is CCCC(=O)NC(=S)Nc1ccc(-c2nc3cc(C)cc(C)c3o2)cc1.O. The molecule has 0 atom stereocenters. The van der Waals surface area contributed by atoms with Crippen molar-refractivity contribution in [2.75, 3.05) is 5.32 Å². The number of carbonyl (C=O) groups excluding carboxylic acids is 1. The molecule has 0 spiro atoms. The number of rotatable bonds is 4. The molecule has 0 bridgehead atoms. The number of nitrogens with one attached hydrogen (secondary N) is 2. The first-order chi connectivity index (χ1) is 12.5. The molecule has 3 rings (SSSR count). The highest BCUT2D eigenvalue weighted by Crippen LogP contribution is 2.28. The second-order valence-electron chi connectivity index (χ2n) is 6.28. The first kappa shape index (κ1) is 20.5. The van der Waals surface area contributed by atoms with Crippen LogP contribution in [0.25, 0.3) is 22.6 Å². The van der Waals surface area contributed by atoms with Crippen molar-refractivity contribution >= 4 is 40.0 Å². The molecule has 0 fully saturated rings. The summed E-state index contributed by atoms with van der Waals surface area (Å²) < 4.78 is 5.93. The van der Waals surface area contributed by atoms with Gasteiger partial charge in [0.1, 0.15) is 5.52 Å². The van der Waals surface area contributed by atoms with E-state index in [1.165, 1.54) is 0 Å². The first-order valence-corrected chi connectivity index (χ1v) is 8.96. The topological polar surface area (TPSA) is 98.7 Å². The van der Waals surface area contributed by atoms with Crippen molar-refractivity contribution in [2.24, 2.45) is 0 Å². The van der Waals surface area contributed by atoms with Crippen LogP contribution in [0.1, 0.15) is 30.9 Å². The number of aryl methyl sites for hydroxylation is 2. The molecule has 0 unspecified atom stereocenters. The van der Waals surface area contributed by atoms with Gasteiger partial charge in [0.2, 0.25) is 11.8 Å². The Morgan fingerprint density at radius 3 is 2.56 bits per heavy atom. The molecule has 0 saturated carbocycles.